The van der Waals surface area contributed by atoms with Crippen molar-refractivity contribution in [2.24, 2.45) is 5.92 Å². The van der Waals surface area contributed by atoms with Gasteiger partial charge in [-0.05, 0) is 31.6 Å². The SMILES string of the molecule is CCCCCCCCCCCCCCCCCCCCC(=O)OC[C@H](COP(=O)(O)OC[C@@H](O)COP(=O)(O)OC[C@@H](COC(=O)CCCCCCCCCC)OC(=O)CCCCCCCCCCCC(C)C)OC(=O)CCCCCCCCCCCCCCCCCCCC. The van der Waals surface area contributed by atoms with Crippen LogP contribution in [-0.2, 0) is 65.4 Å². The van der Waals surface area contributed by atoms with Gasteiger partial charge in [0.25, 0.3) is 0 Å². The molecule has 0 heterocycles. The number of phosphoric ester groups is 2. The Hall–Kier alpha value is -1.94. The summed E-state index contributed by atoms with van der Waals surface area (Å²) in [7, 11) is -9.91. The van der Waals surface area contributed by atoms with E-state index in [1.54, 1.807) is 0 Å². The Labute approximate surface area is 588 Å². The van der Waals surface area contributed by atoms with Crippen molar-refractivity contribution in [2.75, 3.05) is 39.6 Å². The molecule has 0 radical (unpaired) electrons. The van der Waals surface area contributed by atoms with E-state index in [0.29, 0.717) is 25.7 Å². The fraction of sp³-hybridized carbons (Fsp3) is 0.948. The molecule has 2 unspecified atom stereocenters. The Balaban J connectivity index is 5.20. The number of aliphatic hydroxyl groups excluding tert-OH is 1. The lowest BCUT2D eigenvalue weighted by molar-refractivity contribution is -0.161. The fourth-order valence-corrected chi connectivity index (χ4v) is 13.5. The first-order chi connectivity index (χ1) is 46.5. The highest BCUT2D eigenvalue weighted by Crippen LogP contribution is 2.45. The predicted molar refractivity (Wildman–Crippen MR) is 391 cm³/mol. The van der Waals surface area contributed by atoms with Crippen LogP contribution in [0.15, 0.2) is 0 Å². The number of esters is 4. The van der Waals surface area contributed by atoms with Crippen molar-refractivity contribution in [1.29, 1.82) is 0 Å². The minimum absolute atomic E-state index is 0.106. The van der Waals surface area contributed by atoms with Crippen LogP contribution in [-0.4, -0.2) is 96.7 Å². The molecule has 17 nitrogen and oxygen atoms in total. The van der Waals surface area contributed by atoms with Crippen LogP contribution in [0.4, 0.5) is 0 Å². The van der Waals surface area contributed by atoms with E-state index >= 15 is 0 Å². The number of hydrogen-bond donors (Lipinski definition) is 3. The van der Waals surface area contributed by atoms with Gasteiger partial charge in [0.15, 0.2) is 12.2 Å². The minimum atomic E-state index is -4.96. The Morgan fingerprint density at radius 2 is 0.479 bits per heavy atom. The van der Waals surface area contributed by atoms with Crippen molar-refractivity contribution in [3.63, 3.8) is 0 Å². The van der Waals surface area contributed by atoms with Crippen LogP contribution in [0.25, 0.3) is 0 Å². The molecule has 0 fully saturated rings. The zero-order chi connectivity index (χ0) is 70.5. The number of ether oxygens (including phenoxy) is 4. The monoisotopic (exact) mass is 1410 g/mol. The number of unbranched alkanes of at least 4 members (excludes halogenated alkanes) is 49. The number of phosphoric acid groups is 2. The van der Waals surface area contributed by atoms with E-state index in [2.05, 4.69) is 34.6 Å². The molecule has 0 rings (SSSR count). The zero-order valence-corrected chi connectivity index (χ0v) is 64.3. The standard InChI is InChI=1S/C77H150O17P2/c1-6-9-12-15-18-21-23-25-27-29-31-33-35-37-41-46-51-56-61-75(80)88-67-73(93-76(81)62-57-52-47-42-38-36-34-32-30-28-26-24-22-19-16-13-10-7-2)69-92-96(85,86)90-65-71(78)64-89-95(83,84)91-68-72(66-87-74(79)60-55-50-45-20-17-14-11-8-3)94-77(82)63-58-53-48-43-39-40-44-49-54-59-70(4)5/h70-73,78H,6-69H2,1-5H3,(H,83,84)(H,85,86)/t71-,72+,73+/m0/s1. The van der Waals surface area contributed by atoms with Gasteiger partial charge in [-0.2, -0.15) is 0 Å². The van der Waals surface area contributed by atoms with Crippen molar-refractivity contribution in [2.45, 2.75) is 425 Å². The molecule has 0 aromatic carbocycles. The Kier molecular flexibility index (Phi) is 68.7. The maximum absolute atomic E-state index is 13.1. The van der Waals surface area contributed by atoms with E-state index in [-0.39, 0.29) is 25.7 Å². The van der Waals surface area contributed by atoms with Crippen LogP contribution < -0.4 is 0 Å². The van der Waals surface area contributed by atoms with Crippen LogP contribution in [0, 0.1) is 5.92 Å². The molecule has 0 aliphatic carbocycles. The molecule has 570 valence electrons. The molecule has 0 bridgehead atoms. The van der Waals surface area contributed by atoms with Gasteiger partial charge < -0.3 is 33.8 Å². The molecule has 5 atom stereocenters. The summed E-state index contributed by atoms with van der Waals surface area (Å²) in [6, 6.07) is 0. The smallest absolute Gasteiger partial charge is 0.462 e. The van der Waals surface area contributed by atoms with Gasteiger partial charge in [0, 0.05) is 25.7 Å². The third-order valence-electron chi connectivity index (χ3n) is 18.0. The topological polar surface area (TPSA) is 237 Å². The van der Waals surface area contributed by atoms with Crippen LogP contribution in [0.5, 0.6) is 0 Å². The van der Waals surface area contributed by atoms with E-state index in [0.717, 1.165) is 102 Å². The second-order valence-electron chi connectivity index (χ2n) is 28.2. The average Bonchev–Trinajstić information content (AvgIpc) is 1.42. The largest absolute Gasteiger partial charge is 0.472 e. The average molecular weight is 1410 g/mol. The molecule has 96 heavy (non-hydrogen) atoms. The lowest BCUT2D eigenvalue weighted by atomic mass is 10.0. The maximum atomic E-state index is 13.1. The van der Waals surface area contributed by atoms with Crippen LogP contribution in [0.2, 0.25) is 0 Å². The Morgan fingerprint density at radius 3 is 0.708 bits per heavy atom. The number of hydrogen-bond acceptors (Lipinski definition) is 15. The summed E-state index contributed by atoms with van der Waals surface area (Å²) >= 11 is 0. The Bertz CT molecular complexity index is 1840. The molecule has 0 aliphatic rings. The summed E-state index contributed by atoms with van der Waals surface area (Å²) in [6.07, 6.45) is 59.8. The summed E-state index contributed by atoms with van der Waals surface area (Å²) in [5, 5.41) is 10.6. The van der Waals surface area contributed by atoms with Gasteiger partial charge in [0.2, 0.25) is 0 Å². The minimum Gasteiger partial charge on any atom is -0.462 e. The van der Waals surface area contributed by atoms with Crippen molar-refractivity contribution in [3.05, 3.63) is 0 Å². The van der Waals surface area contributed by atoms with Gasteiger partial charge >= 0.3 is 39.5 Å². The molecule has 0 aromatic rings. The third kappa shape index (κ3) is 70.5. The van der Waals surface area contributed by atoms with Crippen molar-refractivity contribution in [1.82, 2.24) is 0 Å². The van der Waals surface area contributed by atoms with E-state index in [9.17, 15) is 43.2 Å². The van der Waals surface area contributed by atoms with E-state index in [1.165, 1.54) is 225 Å². The van der Waals surface area contributed by atoms with Crippen LogP contribution >= 0.6 is 15.6 Å². The lowest BCUT2D eigenvalue weighted by Gasteiger charge is -2.21. The fourth-order valence-electron chi connectivity index (χ4n) is 11.9. The molecule has 0 saturated heterocycles. The van der Waals surface area contributed by atoms with E-state index < -0.39 is 97.5 Å². The molecule has 19 heteroatoms. The summed E-state index contributed by atoms with van der Waals surface area (Å²) in [6.45, 7) is 7.25. The molecule has 0 amide bonds. The number of rotatable bonds is 77. The first-order valence-corrected chi connectivity index (χ1v) is 43.1. The van der Waals surface area contributed by atoms with Crippen molar-refractivity contribution in [3.8, 4) is 0 Å². The van der Waals surface area contributed by atoms with Gasteiger partial charge in [-0.1, -0.05) is 356 Å². The first kappa shape index (κ1) is 94.1. The number of carbonyl (C=O) groups is 4. The second kappa shape index (κ2) is 70.1. The maximum Gasteiger partial charge on any atom is 0.472 e. The van der Waals surface area contributed by atoms with Crippen molar-refractivity contribution >= 4 is 39.5 Å². The molecule has 0 aromatic heterocycles. The van der Waals surface area contributed by atoms with E-state index in [1.807, 2.05) is 0 Å². The quantitative estimate of drug-likeness (QED) is 0.0222. The number of carbonyl (C=O) groups excluding carboxylic acids is 4. The summed E-state index contributed by atoms with van der Waals surface area (Å²) in [4.78, 5) is 72.8. The second-order valence-corrected chi connectivity index (χ2v) is 31.1. The van der Waals surface area contributed by atoms with Crippen LogP contribution in [0.1, 0.15) is 407 Å². The van der Waals surface area contributed by atoms with Gasteiger partial charge in [0.05, 0.1) is 26.4 Å². The first-order valence-electron chi connectivity index (χ1n) is 40.1. The van der Waals surface area contributed by atoms with Gasteiger partial charge in [-0.3, -0.25) is 37.3 Å². The Morgan fingerprint density at radius 1 is 0.281 bits per heavy atom. The molecular weight excluding hydrogens is 1260 g/mol. The van der Waals surface area contributed by atoms with Crippen LogP contribution in [0.3, 0.4) is 0 Å². The number of aliphatic hydroxyl groups is 1. The normalized spacial score (nSPS) is 13.9. The summed E-state index contributed by atoms with van der Waals surface area (Å²) in [5.41, 5.74) is 0. The van der Waals surface area contributed by atoms with Gasteiger partial charge in [-0.15, -0.1) is 0 Å². The lowest BCUT2D eigenvalue weighted by Crippen LogP contribution is -2.30. The highest BCUT2D eigenvalue weighted by Gasteiger charge is 2.30. The highest BCUT2D eigenvalue weighted by atomic mass is 31.2. The molecular formula is C77H150O17P2. The highest BCUT2D eigenvalue weighted by molar-refractivity contribution is 7.47. The molecule has 0 spiro atoms. The zero-order valence-electron chi connectivity index (χ0n) is 62.5. The summed E-state index contributed by atoms with van der Waals surface area (Å²) in [5.74, 6) is -1.38. The summed E-state index contributed by atoms with van der Waals surface area (Å²) < 4.78 is 68.5. The predicted octanol–water partition coefficient (Wildman–Crippen LogP) is 22.9. The third-order valence-corrected chi connectivity index (χ3v) is 19.9. The molecule has 3 N–H and O–H groups in total. The van der Waals surface area contributed by atoms with Gasteiger partial charge in [0.1, 0.15) is 19.3 Å². The molecule has 0 saturated carbocycles. The van der Waals surface area contributed by atoms with E-state index in [4.69, 9.17) is 37.0 Å². The van der Waals surface area contributed by atoms with Crippen molar-refractivity contribution < 1.29 is 80.2 Å². The van der Waals surface area contributed by atoms with Gasteiger partial charge in [-0.25, -0.2) is 9.13 Å². The molecule has 0 aliphatic heterocycles.